The Hall–Kier alpha value is -0.670. The van der Waals surface area contributed by atoms with Gasteiger partial charge in [0, 0.05) is 11.8 Å². The third kappa shape index (κ3) is 6.67. The van der Waals surface area contributed by atoms with Gasteiger partial charge in [0.05, 0.1) is 6.10 Å². The van der Waals surface area contributed by atoms with Crippen LogP contribution in [0.3, 0.4) is 0 Å². The molecule has 0 amide bonds. The molecule has 0 saturated carbocycles. The van der Waals surface area contributed by atoms with Gasteiger partial charge in [-0.15, -0.1) is 0 Å². The molecule has 0 spiro atoms. The first-order chi connectivity index (χ1) is 9.52. The summed E-state index contributed by atoms with van der Waals surface area (Å²) in [4.78, 5) is 0. The summed E-state index contributed by atoms with van der Waals surface area (Å²) in [6.45, 7) is 8.67. The summed E-state index contributed by atoms with van der Waals surface area (Å²) >= 11 is 2.03. The highest BCUT2D eigenvalue weighted by atomic mass is 32.2. The number of thioether (sulfide) groups is 1. The van der Waals surface area contributed by atoms with Gasteiger partial charge in [-0.1, -0.05) is 26.0 Å². The Morgan fingerprint density at radius 1 is 1.10 bits per heavy atom. The van der Waals surface area contributed by atoms with Gasteiger partial charge in [0.1, 0.15) is 5.75 Å². The van der Waals surface area contributed by atoms with E-state index < -0.39 is 0 Å². The molecule has 1 N–H and O–H groups in total. The average Bonchev–Trinajstić information content (AvgIpc) is 2.39. The third-order valence-corrected chi connectivity index (χ3v) is 4.22. The fraction of sp³-hybridized carbons (Fsp3) is 0.647. The van der Waals surface area contributed by atoms with Gasteiger partial charge in [-0.05, 0) is 56.7 Å². The maximum absolute atomic E-state index is 5.68. The second-order valence-electron chi connectivity index (χ2n) is 5.83. The van der Waals surface area contributed by atoms with Crippen LogP contribution in [0.25, 0.3) is 0 Å². The van der Waals surface area contributed by atoms with E-state index in [1.807, 2.05) is 18.8 Å². The highest BCUT2D eigenvalue weighted by Gasteiger charge is 2.09. The molecule has 0 fully saturated rings. The minimum atomic E-state index is 0.229. The molecule has 0 bridgehead atoms. The molecule has 2 nitrogen and oxygen atoms in total. The third-order valence-electron chi connectivity index (χ3n) is 3.13. The average molecular weight is 295 g/mol. The molecular formula is C17H29NOS. The largest absolute Gasteiger partial charge is 0.491 e. The maximum Gasteiger partial charge on any atom is 0.119 e. The van der Waals surface area contributed by atoms with Gasteiger partial charge in [-0.3, -0.25) is 0 Å². The second-order valence-corrected chi connectivity index (χ2v) is 6.98. The van der Waals surface area contributed by atoms with E-state index in [9.17, 15) is 0 Å². The van der Waals surface area contributed by atoms with E-state index in [0.29, 0.717) is 6.04 Å². The topological polar surface area (TPSA) is 21.3 Å². The summed E-state index contributed by atoms with van der Waals surface area (Å²) in [6, 6.07) is 8.89. The van der Waals surface area contributed by atoms with Crippen LogP contribution in [0, 0.1) is 5.92 Å². The number of hydrogen-bond acceptors (Lipinski definition) is 3. The van der Waals surface area contributed by atoms with Crippen LogP contribution < -0.4 is 10.1 Å². The van der Waals surface area contributed by atoms with E-state index in [4.69, 9.17) is 4.74 Å². The van der Waals surface area contributed by atoms with Gasteiger partial charge in [0.25, 0.3) is 0 Å². The maximum atomic E-state index is 5.68. The molecule has 0 saturated heterocycles. The highest BCUT2D eigenvalue weighted by Crippen LogP contribution is 2.22. The number of ether oxygens (including phenoxy) is 1. The fourth-order valence-electron chi connectivity index (χ4n) is 1.92. The molecule has 0 aliphatic carbocycles. The van der Waals surface area contributed by atoms with E-state index in [2.05, 4.69) is 57.3 Å². The summed E-state index contributed by atoms with van der Waals surface area (Å²) in [5.41, 5.74) is 1.33. The molecule has 20 heavy (non-hydrogen) atoms. The minimum absolute atomic E-state index is 0.229. The molecule has 114 valence electrons. The molecule has 0 aromatic heterocycles. The Bertz CT molecular complexity index is 362. The fourth-order valence-corrected chi connectivity index (χ4v) is 3.32. The van der Waals surface area contributed by atoms with Crippen molar-refractivity contribution in [2.45, 2.75) is 46.3 Å². The van der Waals surface area contributed by atoms with Crippen LogP contribution in [0.15, 0.2) is 24.3 Å². The van der Waals surface area contributed by atoms with Crippen molar-refractivity contribution >= 4 is 11.8 Å². The van der Waals surface area contributed by atoms with Crippen molar-refractivity contribution in [3.8, 4) is 5.75 Å². The molecule has 0 radical (unpaired) electrons. The van der Waals surface area contributed by atoms with Gasteiger partial charge < -0.3 is 10.1 Å². The van der Waals surface area contributed by atoms with Gasteiger partial charge in [0.2, 0.25) is 0 Å². The minimum Gasteiger partial charge on any atom is -0.491 e. The molecule has 1 atom stereocenters. The molecule has 1 aromatic carbocycles. The Labute approximate surface area is 128 Å². The van der Waals surface area contributed by atoms with Gasteiger partial charge >= 0.3 is 0 Å². The molecule has 0 heterocycles. The highest BCUT2D eigenvalue weighted by molar-refractivity contribution is 7.99. The van der Waals surface area contributed by atoms with Crippen molar-refractivity contribution in [1.29, 1.82) is 0 Å². The molecule has 1 aromatic rings. The first-order valence-electron chi connectivity index (χ1n) is 7.54. The first-order valence-corrected chi connectivity index (χ1v) is 8.70. The zero-order chi connectivity index (χ0) is 15.0. The lowest BCUT2D eigenvalue weighted by Gasteiger charge is -2.17. The molecule has 0 aliphatic rings. The van der Waals surface area contributed by atoms with Crippen LogP contribution in [-0.4, -0.2) is 24.7 Å². The Balaban J connectivity index is 2.48. The Kier molecular flexibility index (Phi) is 8.08. The predicted octanol–water partition coefficient (Wildman–Crippen LogP) is 4.51. The van der Waals surface area contributed by atoms with E-state index in [1.165, 1.54) is 17.7 Å². The van der Waals surface area contributed by atoms with Crippen LogP contribution in [0.4, 0.5) is 0 Å². The van der Waals surface area contributed by atoms with Crippen molar-refractivity contribution < 1.29 is 4.74 Å². The normalized spacial score (nSPS) is 12.9. The van der Waals surface area contributed by atoms with Crippen molar-refractivity contribution in [2.75, 3.05) is 18.6 Å². The van der Waals surface area contributed by atoms with Crippen LogP contribution in [0.2, 0.25) is 0 Å². The van der Waals surface area contributed by atoms with Crippen LogP contribution >= 0.6 is 11.8 Å². The first kappa shape index (κ1) is 17.4. The number of hydrogen-bond donors (Lipinski definition) is 1. The monoisotopic (exact) mass is 295 g/mol. The summed E-state index contributed by atoms with van der Waals surface area (Å²) in [5, 5.41) is 3.41. The summed E-state index contributed by atoms with van der Waals surface area (Å²) in [5.74, 6) is 4.10. The smallest absolute Gasteiger partial charge is 0.119 e. The SMILES string of the molecule is CNC(CSCCC(C)C)c1ccc(OC(C)C)cc1. The molecule has 1 rings (SSSR count). The lowest BCUT2D eigenvalue weighted by Crippen LogP contribution is -2.19. The molecule has 0 aliphatic heterocycles. The standard InChI is InChI=1S/C17H29NOS/c1-13(2)10-11-20-12-17(18-5)15-6-8-16(9-7-15)19-14(3)4/h6-9,13-14,17-18H,10-12H2,1-5H3. The number of benzene rings is 1. The summed E-state index contributed by atoms with van der Waals surface area (Å²) in [6.07, 6.45) is 1.52. The lowest BCUT2D eigenvalue weighted by atomic mass is 10.1. The molecular weight excluding hydrogens is 266 g/mol. The lowest BCUT2D eigenvalue weighted by molar-refractivity contribution is 0.242. The van der Waals surface area contributed by atoms with E-state index in [1.54, 1.807) is 0 Å². The van der Waals surface area contributed by atoms with Crippen molar-refractivity contribution in [3.63, 3.8) is 0 Å². The van der Waals surface area contributed by atoms with Gasteiger partial charge in [-0.2, -0.15) is 11.8 Å². The van der Waals surface area contributed by atoms with Gasteiger partial charge in [0.15, 0.2) is 0 Å². The van der Waals surface area contributed by atoms with Crippen molar-refractivity contribution in [3.05, 3.63) is 29.8 Å². The molecule has 1 unspecified atom stereocenters. The van der Waals surface area contributed by atoms with Crippen LogP contribution in [0.5, 0.6) is 5.75 Å². The van der Waals surface area contributed by atoms with E-state index >= 15 is 0 Å². The van der Waals surface area contributed by atoms with Gasteiger partial charge in [-0.25, -0.2) is 0 Å². The number of nitrogens with one attached hydrogen (secondary N) is 1. The summed E-state index contributed by atoms with van der Waals surface area (Å²) < 4.78 is 5.68. The Morgan fingerprint density at radius 2 is 1.75 bits per heavy atom. The second kappa shape index (κ2) is 9.30. The quantitative estimate of drug-likeness (QED) is 0.677. The van der Waals surface area contributed by atoms with Crippen molar-refractivity contribution in [1.82, 2.24) is 5.32 Å². The van der Waals surface area contributed by atoms with Crippen LogP contribution in [-0.2, 0) is 0 Å². The summed E-state index contributed by atoms with van der Waals surface area (Å²) in [7, 11) is 2.03. The van der Waals surface area contributed by atoms with E-state index in [0.717, 1.165) is 17.4 Å². The van der Waals surface area contributed by atoms with Crippen molar-refractivity contribution in [2.24, 2.45) is 5.92 Å². The zero-order valence-electron chi connectivity index (χ0n) is 13.5. The zero-order valence-corrected chi connectivity index (χ0v) is 14.3. The predicted molar refractivity (Wildman–Crippen MR) is 90.8 cm³/mol. The van der Waals surface area contributed by atoms with E-state index in [-0.39, 0.29) is 6.10 Å². The Morgan fingerprint density at radius 3 is 2.25 bits per heavy atom. The van der Waals surface area contributed by atoms with Crippen LogP contribution in [0.1, 0.15) is 45.7 Å². The molecule has 3 heteroatoms. The number of rotatable bonds is 9.